The van der Waals surface area contributed by atoms with Crippen molar-refractivity contribution in [2.75, 3.05) is 13.2 Å². The van der Waals surface area contributed by atoms with Crippen LogP contribution >= 0.6 is 0 Å². The van der Waals surface area contributed by atoms with Gasteiger partial charge in [-0.3, -0.25) is 4.79 Å². The Hall–Kier alpha value is -2.25. The lowest BCUT2D eigenvalue weighted by atomic mass is 9.77. The van der Waals surface area contributed by atoms with E-state index in [2.05, 4.69) is 10.1 Å². The van der Waals surface area contributed by atoms with Crippen LogP contribution in [0, 0.1) is 0 Å². The largest absolute Gasteiger partial charge is 0.369 e. The first-order chi connectivity index (χ1) is 11.7. The molecule has 0 unspecified atom stereocenters. The molecule has 0 spiro atoms. The molecule has 2 heterocycles. The number of nitrogens with two attached hydrogens (primary N) is 1. The molecule has 1 saturated heterocycles. The standard InChI is InChI=1S/C17H20N4O3/c18-17(7-4-8-17)16-19-15(24-20-16)13-10-23-11-14(22)21(13)9-12-5-2-1-3-6-12/h1-3,5-6,13H,4,7-11,18H2/t13-/m1/s1. The number of nitrogens with zero attached hydrogens (tertiary/aromatic N) is 3. The molecule has 4 rings (SSSR count). The van der Waals surface area contributed by atoms with Crippen LogP contribution in [0.3, 0.4) is 0 Å². The fourth-order valence-corrected chi connectivity index (χ4v) is 3.14. The smallest absolute Gasteiger partial charge is 0.251 e. The number of rotatable bonds is 4. The van der Waals surface area contributed by atoms with Crippen LogP contribution in [0.25, 0.3) is 0 Å². The SMILES string of the molecule is NC1(c2noc([C@H]3COCC(=O)N3Cc3ccccc3)n2)CCC1. The van der Waals surface area contributed by atoms with Gasteiger partial charge in [0.2, 0.25) is 5.91 Å². The van der Waals surface area contributed by atoms with E-state index >= 15 is 0 Å². The average molecular weight is 328 g/mol. The third-order valence-electron chi connectivity index (χ3n) is 4.81. The molecule has 24 heavy (non-hydrogen) atoms. The van der Waals surface area contributed by atoms with E-state index in [1.807, 2.05) is 30.3 Å². The lowest BCUT2D eigenvalue weighted by Crippen LogP contribution is -2.45. The van der Waals surface area contributed by atoms with E-state index in [1.54, 1.807) is 4.90 Å². The first-order valence-corrected chi connectivity index (χ1v) is 8.20. The van der Waals surface area contributed by atoms with Crippen LogP contribution in [-0.2, 0) is 21.6 Å². The van der Waals surface area contributed by atoms with Crippen LogP contribution < -0.4 is 5.73 Å². The van der Waals surface area contributed by atoms with Gasteiger partial charge in [-0.1, -0.05) is 35.5 Å². The lowest BCUT2D eigenvalue weighted by Gasteiger charge is -2.35. The van der Waals surface area contributed by atoms with Gasteiger partial charge in [0.05, 0.1) is 12.1 Å². The number of hydrogen-bond donors (Lipinski definition) is 1. The second-order valence-electron chi connectivity index (χ2n) is 6.50. The average Bonchev–Trinajstić information content (AvgIpc) is 3.06. The molecule has 2 N–H and O–H groups in total. The summed E-state index contributed by atoms with van der Waals surface area (Å²) < 4.78 is 10.8. The van der Waals surface area contributed by atoms with Gasteiger partial charge in [0.25, 0.3) is 5.89 Å². The maximum atomic E-state index is 12.3. The Kier molecular flexibility index (Phi) is 3.82. The van der Waals surface area contributed by atoms with Crippen molar-refractivity contribution in [1.82, 2.24) is 15.0 Å². The maximum Gasteiger partial charge on any atom is 0.251 e. The van der Waals surface area contributed by atoms with E-state index in [-0.39, 0.29) is 18.6 Å². The van der Waals surface area contributed by atoms with Gasteiger partial charge in [-0.25, -0.2) is 0 Å². The first-order valence-electron chi connectivity index (χ1n) is 8.20. The molecule has 7 nitrogen and oxygen atoms in total. The van der Waals surface area contributed by atoms with Gasteiger partial charge in [0, 0.05) is 6.54 Å². The molecule has 0 bridgehead atoms. The number of morpholine rings is 1. The van der Waals surface area contributed by atoms with E-state index in [4.69, 9.17) is 15.0 Å². The normalized spacial score (nSPS) is 23.1. The third kappa shape index (κ3) is 2.70. The highest BCUT2D eigenvalue weighted by Crippen LogP contribution is 2.37. The maximum absolute atomic E-state index is 12.3. The molecular formula is C17H20N4O3. The predicted molar refractivity (Wildman–Crippen MR) is 84.6 cm³/mol. The van der Waals surface area contributed by atoms with E-state index in [1.165, 1.54) is 0 Å². The number of aromatic nitrogens is 2. The summed E-state index contributed by atoms with van der Waals surface area (Å²) in [6.45, 7) is 0.905. The quantitative estimate of drug-likeness (QED) is 0.914. The third-order valence-corrected chi connectivity index (χ3v) is 4.81. The minimum Gasteiger partial charge on any atom is -0.369 e. The van der Waals surface area contributed by atoms with Crippen molar-refractivity contribution in [2.24, 2.45) is 5.73 Å². The molecule has 2 aliphatic rings. The molecule has 2 aromatic rings. The van der Waals surface area contributed by atoms with Crippen molar-refractivity contribution >= 4 is 5.91 Å². The molecule has 1 saturated carbocycles. The number of carbonyl (C=O) groups excluding carboxylic acids is 1. The highest BCUT2D eigenvalue weighted by atomic mass is 16.5. The fraction of sp³-hybridized carbons (Fsp3) is 0.471. The van der Waals surface area contributed by atoms with E-state index in [0.717, 1.165) is 24.8 Å². The van der Waals surface area contributed by atoms with Crippen LogP contribution in [0.15, 0.2) is 34.9 Å². The highest BCUT2D eigenvalue weighted by molar-refractivity contribution is 5.78. The van der Waals surface area contributed by atoms with Crippen molar-refractivity contribution < 1.29 is 14.1 Å². The van der Waals surface area contributed by atoms with Crippen LogP contribution in [0.5, 0.6) is 0 Å². The van der Waals surface area contributed by atoms with Gasteiger partial charge in [0.1, 0.15) is 12.6 Å². The second kappa shape index (κ2) is 5.99. The number of benzene rings is 1. The Balaban J connectivity index is 1.58. The zero-order chi connectivity index (χ0) is 16.6. The summed E-state index contributed by atoms with van der Waals surface area (Å²) >= 11 is 0. The summed E-state index contributed by atoms with van der Waals surface area (Å²) in [7, 11) is 0. The van der Waals surface area contributed by atoms with Gasteiger partial charge in [-0.15, -0.1) is 0 Å². The van der Waals surface area contributed by atoms with Gasteiger partial charge >= 0.3 is 0 Å². The van der Waals surface area contributed by atoms with Crippen LogP contribution in [-0.4, -0.2) is 34.2 Å². The lowest BCUT2D eigenvalue weighted by molar-refractivity contribution is -0.150. The molecule has 1 aliphatic carbocycles. The van der Waals surface area contributed by atoms with Crippen LogP contribution in [0.1, 0.15) is 42.6 Å². The molecule has 1 atom stereocenters. The summed E-state index contributed by atoms with van der Waals surface area (Å²) in [5.74, 6) is 0.841. The van der Waals surface area contributed by atoms with Gasteiger partial charge in [-0.2, -0.15) is 4.98 Å². The Morgan fingerprint density at radius 1 is 1.29 bits per heavy atom. The summed E-state index contributed by atoms with van der Waals surface area (Å²) in [5.41, 5.74) is 6.82. The van der Waals surface area contributed by atoms with E-state index in [9.17, 15) is 4.79 Å². The van der Waals surface area contributed by atoms with Gasteiger partial charge < -0.3 is 19.9 Å². The van der Waals surface area contributed by atoms with Crippen molar-refractivity contribution in [3.8, 4) is 0 Å². The summed E-state index contributed by atoms with van der Waals surface area (Å²) in [6, 6.07) is 9.45. The molecular weight excluding hydrogens is 308 g/mol. The molecule has 0 radical (unpaired) electrons. The molecule has 1 aromatic heterocycles. The Morgan fingerprint density at radius 3 is 2.79 bits per heavy atom. The highest BCUT2D eigenvalue weighted by Gasteiger charge is 2.41. The van der Waals surface area contributed by atoms with Crippen LogP contribution in [0.2, 0.25) is 0 Å². The van der Waals surface area contributed by atoms with Gasteiger partial charge in [-0.05, 0) is 24.8 Å². The van der Waals surface area contributed by atoms with Crippen molar-refractivity contribution in [3.05, 3.63) is 47.6 Å². The number of amides is 1. The summed E-state index contributed by atoms with van der Waals surface area (Å²) in [5, 5.41) is 4.05. The second-order valence-corrected chi connectivity index (χ2v) is 6.50. The van der Waals surface area contributed by atoms with Crippen LogP contribution in [0.4, 0.5) is 0 Å². The van der Waals surface area contributed by atoms with E-state index < -0.39 is 5.54 Å². The van der Waals surface area contributed by atoms with Crippen molar-refractivity contribution in [3.63, 3.8) is 0 Å². The zero-order valence-corrected chi connectivity index (χ0v) is 13.4. The minimum atomic E-state index is -0.481. The Bertz CT molecular complexity index is 726. The first kappa shape index (κ1) is 15.3. The van der Waals surface area contributed by atoms with Crippen molar-refractivity contribution in [2.45, 2.75) is 37.4 Å². The fourth-order valence-electron chi connectivity index (χ4n) is 3.14. The summed E-state index contributed by atoms with van der Waals surface area (Å²) in [4.78, 5) is 18.6. The minimum absolute atomic E-state index is 0.0746. The van der Waals surface area contributed by atoms with Crippen molar-refractivity contribution in [1.29, 1.82) is 0 Å². The molecule has 1 aliphatic heterocycles. The van der Waals surface area contributed by atoms with E-state index in [0.29, 0.717) is 24.9 Å². The number of ether oxygens (including phenoxy) is 1. The molecule has 2 fully saturated rings. The molecule has 126 valence electrons. The Morgan fingerprint density at radius 2 is 2.08 bits per heavy atom. The monoisotopic (exact) mass is 328 g/mol. The van der Waals surface area contributed by atoms with Gasteiger partial charge in [0.15, 0.2) is 5.82 Å². The molecule has 7 heteroatoms. The molecule has 1 amide bonds. The summed E-state index contributed by atoms with van der Waals surface area (Å²) in [6.07, 6.45) is 2.80. The topological polar surface area (TPSA) is 94.5 Å². The molecule has 1 aromatic carbocycles. The Labute approximate surface area is 139 Å². The predicted octanol–water partition coefficient (Wildman–Crippen LogP) is 1.51. The number of hydrogen-bond acceptors (Lipinski definition) is 6. The zero-order valence-electron chi connectivity index (χ0n) is 13.4. The number of carbonyl (C=O) groups is 1.